The molecule has 3 heterocycles. The Morgan fingerprint density at radius 1 is 1.16 bits per heavy atom. The third-order valence-electron chi connectivity index (χ3n) is 5.79. The molecule has 0 bridgehead atoms. The third-order valence-corrected chi connectivity index (χ3v) is 6.04. The number of benzene rings is 1. The van der Waals surface area contributed by atoms with Gasteiger partial charge < -0.3 is 24.5 Å². The zero-order valence-corrected chi connectivity index (χ0v) is 21.6. The van der Waals surface area contributed by atoms with E-state index in [1.54, 1.807) is 57.4 Å². The van der Waals surface area contributed by atoms with Crippen LogP contribution in [-0.2, 0) is 7.05 Å². The van der Waals surface area contributed by atoms with Gasteiger partial charge in [0.05, 0.1) is 37.8 Å². The highest BCUT2D eigenvalue weighted by atomic mass is 35.5. The molecule has 1 atom stereocenters. The molecule has 3 aromatic heterocycles. The van der Waals surface area contributed by atoms with E-state index in [0.29, 0.717) is 27.5 Å². The number of carbonyl (C=O) groups is 1. The van der Waals surface area contributed by atoms with Crippen molar-refractivity contribution in [3.63, 3.8) is 0 Å². The van der Waals surface area contributed by atoms with Crippen molar-refractivity contribution in [1.29, 1.82) is 0 Å². The average molecular weight is 525 g/mol. The highest BCUT2D eigenvalue weighted by Crippen LogP contribution is 2.34. The maximum Gasteiger partial charge on any atom is 0.355 e. The first-order valence-electron chi connectivity index (χ1n) is 11.1. The van der Waals surface area contributed by atoms with Gasteiger partial charge in [0.15, 0.2) is 5.69 Å². The largest absolute Gasteiger partial charge is 0.479 e. The van der Waals surface area contributed by atoms with Crippen molar-refractivity contribution in [2.45, 2.75) is 19.9 Å². The van der Waals surface area contributed by atoms with Gasteiger partial charge in [0.1, 0.15) is 5.69 Å². The molecule has 0 amide bonds. The summed E-state index contributed by atoms with van der Waals surface area (Å²) in [5, 5.41) is 18.8. The topological polar surface area (TPSA) is 133 Å². The Balaban J connectivity index is 1.95. The molecule has 12 heteroatoms. The van der Waals surface area contributed by atoms with Crippen molar-refractivity contribution in [3.05, 3.63) is 86.2 Å². The first kappa shape index (κ1) is 25.7. The van der Waals surface area contributed by atoms with Crippen LogP contribution in [0.2, 0.25) is 5.02 Å². The van der Waals surface area contributed by atoms with E-state index in [4.69, 9.17) is 21.1 Å². The van der Waals surface area contributed by atoms with Crippen molar-refractivity contribution in [2.75, 3.05) is 19.5 Å². The number of methoxy groups -OCH3 is 2. The lowest BCUT2D eigenvalue weighted by Crippen LogP contribution is -2.22. The van der Waals surface area contributed by atoms with Crippen molar-refractivity contribution >= 4 is 23.3 Å². The molecule has 11 nitrogen and oxygen atoms in total. The summed E-state index contributed by atoms with van der Waals surface area (Å²) in [6.45, 7) is 3.43. The summed E-state index contributed by atoms with van der Waals surface area (Å²) in [7, 11) is 4.47. The first-order valence-corrected chi connectivity index (χ1v) is 11.5. The summed E-state index contributed by atoms with van der Waals surface area (Å²) in [6.07, 6.45) is 3.03. The van der Waals surface area contributed by atoms with Gasteiger partial charge in [0.2, 0.25) is 5.88 Å². The molecule has 4 rings (SSSR count). The number of nitrogens with one attached hydrogen (secondary N) is 1. The van der Waals surface area contributed by atoms with Gasteiger partial charge in [-0.1, -0.05) is 23.7 Å². The molecule has 0 aliphatic carbocycles. The summed E-state index contributed by atoms with van der Waals surface area (Å²) < 4.78 is 13.1. The number of nitrogens with zero attached hydrogens (tertiary/aromatic N) is 5. The number of anilines is 1. The summed E-state index contributed by atoms with van der Waals surface area (Å²) in [5.41, 5.74) is 2.72. The van der Waals surface area contributed by atoms with Gasteiger partial charge in [-0.05, 0) is 37.6 Å². The monoisotopic (exact) mass is 524 g/mol. The van der Waals surface area contributed by atoms with Gasteiger partial charge >= 0.3 is 12.0 Å². The van der Waals surface area contributed by atoms with Crippen LogP contribution in [0.3, 0.4) is 0 Å². The summed E-state index contributed by atoms with van der Waals surface area (Å²) in [6, 6.07) is 8.15. The minimum Gasteiger partial charge on any atom is -0.479 e. The molecule has 0 radical (unpaired) electrons. The van der Waals surface area contributed by atoms with Crippen LogP contribution in [0.15, 0.2) is 47.5 Å². The molecule has 2 N–H and O–H groups in total. The van der Waals surface area contributed by atoms with E-state index < -0.39 is 12.0 Å². The second-order valence-corrected chi connectivity index (χ2v) is 8.71. The van der Waals surface area contributed by atoms with Gasteiger partial charge in [-0.3, -0.25) is 4.79 Å². The van der Waals surface area contributed by atoms with Gasteiger partial charge in [0.25, 0.3) is 5.56 Å². The number of aryl methyl sites for hydroxylation is 3. The smallest absolute Gasteiger partial charge is 0.355 e. The molecular weight excluding hydrogens is 500 g/mol. The number of rotatable bonds is 8. The van der Waals surface area contributed by atoms with E-state index in [1.165, 1.54) is 29.7 Å². The molecule has 1 unspecified atom stereocenters. The van der Waals surface area contributed by atoms with E-state index in [2.05, 4.69) is 20.4 Å². The Kier molecular flexibility index (Phi) is 7.16. The van der Waals surface area contributed by atoms with Crippen LogP contribution in [-0.4, -0.2) is 49.6 Å². The Bertz CT molecular complexity index is 1500. The van der Waals surface area contributed by atoms with Crippen molar-refractivity contribution in [2.24, 2.45) is 7.05 Å². The zero-order valence-electron chi connectivity index (χ0n) is 20.8. The third kappa shape index (κ3) is 4.98. The molecule has 1 aromatic carbocycles. The Morgan fingerprint density at radius 3 is 2.46 bits per heavy atom. The van der Waals surface area contributed by atoms with E-state index >= 15 is 0 Å². The highest BCUT2D eigenvalue weighted by molar-refractivity contribution is 6.30. The molecule has 0 spiro atoms. The molecule has 192 valence electrons. The Labute approximate surface area is 217 Å². The molecule has 0 saturated carbocycles. The standard InChI is InChI=1S/C25H25ClN6O5/c1-13-10-17(12-31(3)23(13)33)28-20(15-6-8-16(26)9-7-15)19-14(2)30-32(21(19)24(34)35)18-11-27-25(37-5)29-22(18)36-4/h6-12,20,28H,1-5H3,(H,34,35). The van der Waals surface area contributed by atoms with E-state index in [9.17, 15) is 14.7 Å². The molecule has 0 fully saturated rings. The highest BCUT2D eigenvalue weighted by Gasteiger charge is 2.31. The van der Waals surface area contributed by atoms with Crippen LogP contribution in [0.5, 0.6) is 11.9 Å². The number of carboxylic acid groups (broad SMARTS) is 1. The number of aromatic nitrogens is 5. The second-order valence-electron chi connectivity index (χ2n) is 8.27. The number of aromatic carboxylic acids is 1. The van der Waals surface area contributed by atoms with Crippen molar-refractivity contribution < 1.29 is 19.4 Å². The summed E-state index contributed by atoms with van der Waals surface area (Å²) in [4.78, 5) is 33.2. The predicted molar refractivity (Wildman–Crippen MR) is 137 cm³/mol. The molecule has 0 saturated heterocycles. The summed E-state index contributed by atoms with van der Waals surface area (Å²) >= 11 is 6.13. The number of halogens is 1. The van der Waals surface area contributed by atoms with Gasteiger partial charge in [-0.15, -0.1) is 0 Å². The first-order chi connectivity index (χ1) is 17.6. The Morgan fingerprint density at radius 2 is 1.86 bits per heavy atom. The maximum atomic E-state index is 12.7. The van der Waals surface area contributed by atoms with E-state index in [1.807, 2.05) is 0 Å². The molecule has 37 heavy (non-hydrogen) atoms. The molecule has 0 aliphatic heterocycles. The minimum absolute atomic E-state index is 0.0624. The fourth-order valence-electron chi connectivity index (χ4n) is 4.10. The van der Waals surface area contributed by atoms with Crippen LogP contribution >= 0.6 is 11.6 Å². The van der Waals surface area contributed by atoms with Gasteiger partial charge in [-0.2, -0.15) is 10.1 Å². The number of hydrogen-bond donors (Lipinski definition) is 2. The zero-order chi connectivity index (χ0) is 26.9. The summed E-state index contributed by atoms with van der Waals surface area (Å²) in [5.74, 6) is -1.13. The van der Waals surface area contributed by atoms with Gasteiger partial charge in [0, 0.05) is 29.4 Å². The van der Waals surface area contributed by atoms with Crippen LogP contribution in [0, 0.1) is 13.8 Å². The van der Waals surface area contributed by atoms with E-state index in [0.717, 1.165) is 5.56 Å². The Hall–Kier alpha value is -4.38. The fraction of sp³-hybridized carbons (Fsp3) is 0.240. The lowest BCUT2D eigenvalue weighted by Gasteiger charge is -2.22. The fourth-order valence-corrected chi connectivity index (χ4v) is 4.23. The molecule has 0 aliphatic rings. The number of carboxylic acids is 1. The normalized spacial score (nSPS) is 11.7. The molecule has 4 aromatic rings. The average Bonchev–Trinajstić information content (AvgIpc) is 3.22. The lowest BCUT2D eigenvalue weighted by atomic mass is 9.96. The SMILES string of the molecule is COc1ncc(-n2nc(C)c(C(Nc3cc(C)c(=O)n(C)c3)c3ccc(Cl)cc3)c2C(=O)O)c(OC)n1. The van der Waals surface area contributed by atoms with Crippen LogP contribution in [0.4, 0.5) is 5.69 Å². The lowest BCUT2D eigenvalue weighted by molar-refractivity contribution is 0.0685. The van der Waals surface area contributed by atoms with Gasteiger partial charge in [-0.25, -0.2) is 14.5 Å². The number of pyridine rings is 1. The quantitative estimate of drug-likeness (QED) is 0.355. The van der Waals surface area contributed by atoms with Crippen LogP contribution < -0.4 is 20.3 Å². The van der Waals surface area contributed by atoms with Crippen molar-refractivity contribution in [3.8, 4) is 17.6 Å². The number of ether oxygens (including phenoxy) is 2. The van der Waals surface area contributed by atoms with E-state index in [-0.39, 0.29) is 28.8 Å². The predicted octanol–water partition coefficient (Wildman–Crippen LogP) is 3.55. The van der Waals surface area contributed by atoms with Crippen LogP contribution in [0.25, 0.3) is 5.69 Å². The van der Waals surface area contributed by atoms with Crippen molar-refractivity contribution in [1.82, 2.24) is 24.3 Å². The second kappa shape index (κ2) is 10.3. The van der Waals surface area contributed by atoms with Crippen LogP contribution in [0.1, 0.15) is 38.9 Å². The molecular formula is C25H25ClN6O5. The number of hydrogen-bond acceptors (Lipinski definition) is 8. The minimum atomic E-state index is -1.22. The maximum absolute atomic E-state index is 12.7.